The summed E-state index contributed by atoms with van der Waals surface area (Å²) in [5.41, 5.74) is 8.21. The van der Waals surface area contributed by atoms with Crippen molar-refractivity contribution >= 4 is 15.5 Å². The van der Waals surface area contributed by atoms with Crippen LogP contribution in [0.4, 0.5) is 5.69 Å². The highest BCUT2D eigenvalue weighted by Crippen LogP contribution is 2.24. The summed E-state index contributed by atoms with van der Waals surface area (Å²) in [6, 6.07) is 3.12. The van der Waals surface area contributed by atoms with Crippen molar-refractivity contribution in [3.8, 4) is 5.82 Å². The van der Waals surface area contributed by atoms with Gasteiger partial charge in [-0.3, -0.25) is 0 Å². The maximum Gasteiger partial charge on any atom is 0.179 e. The number of nitrogens with zero attached hydrogens (tertiary/aromatic N) is 3. The maximum absolute atomic E-state index is 11.9. The zero-order valence-electron chi connectivity index (χ0n) is 11.8. The van der Waals surface area contributed by atoms with E-state index in [9.17, 15) is 8.42 Å². The van der Waals surface area contributed by atoms with Gasteiger partial charge in [-0.2, -0.15) is 5.10 Å². The van der Waals surface area contributed by atoms with Gasteiger partial charge in [0, 0.05) is 12.5 Å². The van der Waals surface area contributed by atoms with Crippen LogP contribution in [0, 0.1) is 0 Å². The number of hydrogen-bond acceptors (Lipinski definition) is 5. The van der Waals surface area contributed by atoms with Crippen LogP contribution in [-0.4, -0.2) is 29.4 Å². The average Bonchev–Trinajstić information content (AvgIpc) is 2.74. The Labute approximate surface area is 118 Å². The lowest BCUT2D eigenvalue weighted by molar-refractivity contribution is 0.599. The molecular weight excluding hydrogens is 276 g/mol. The number of hydrogen-bond donors (Lipinski definition) is 1. The van der Waals surface area contributed by atoms with E-state index in [-0.39, 0.29) is 4.90 Å². The third-order valence-corrected chi connectivity index (χ3v) is 4.24. The SMILES string of the molecule is CCc1nn(-c2ncccc2S(C)(=O)=O)c(CC)c1N. The minimum absolute atomic E-state index is 0.153. The third kappa shape index (κ3) is 2.40. The Hall–Kier alpha value is -1.89. The van der Waals surface area contributed by atoms with Crippen molar-refractivity contribution in [2.24, 2.45) is 0 Å². The summed E-state index contributed by atoms with van der Waals surface area (Å²) in [7, 11) is -3.38. The fourth-order valence-electron chi connectivity index (χ4n) is 2.12. The Morgan fingerprint density at radius 3 is 2.55 bits per heavy atom. The minimum Gasteiger partial charge on any atom is -0.396 e. The number of nitrogens with two attached hydrogens (primary N) is 1. The number of aryl methyl sites for hydroxylation is 1. The lowest BCUT2D eigenvalue weighted by atomic mass is 10.2. The molecule has 0 aliphatic carbocycles. The number of sulfone groups is 1. The van der Waals surface area contributed by atoms with Gasteiger partial charge in [-0.25, -0.2) is 18.1 Å². The van der Waals surface area contributed by atoms with E-state index in [4.69, 9.17) is 5.73 Å². The van der Waals surface area contributed by atoms with E-state index in [2.05, 4.69) is 10.1 Å². The number of nitrogen functional groups attached to an aromatic ring is 1. The minimum atomic E-state index is -3.38. The number of pyridine rings is 1. The average molecular weight is 294 g/mol. The molecular formula is C13H18N4O2S. The van der Waals surface area contributed by atoms with Crippen molar-refractivity contribution in [3.05, 3.63) is 29.7 Å². The number of anilines is 1. The molecule has 2 heterocycles. The molecule has 2 rings (SSSR count). The largest absolute Gasteiger partial charge is 0.396 e. The molecule has 20 heavy (non-hydrogen) atoms. The normalized spacial score (nSPS) is 11.8. The van der Waals surface area contributed by atoms with Gasteiger partial charge in [-0.05, 0) is 25.0 Å². The summed E-state index contributed by atoms with van der Waals surface area (Å²) < 4.78 is 25.3. The van der Waals surface area contributed by atoms with Crippen molar-refractivity contribution in [2.45, 2.75) is 31.6 Å². The van der Waals surface area contributed by atoms with Crippen molar-refractivity contribution in [3.63, 3.8) is 0 Å². The summed E-state index contributed by atoms with van der Waals surface area (Å²) in [5.74, 6) is 0.304. The van der Waals surface area contributed by atoms with E-state index in [0.717, 1.165) is 17.6 Å². The first kappa shape index (κ1) is 14.5. The molecule has 2 N–H and O–H groups in total. The van der Waals surface area contributed by atoms with E-state index < -0.39 is 9.84 Å². The maximum atomic E-state index is 11.9. The summed E-state index contributed by atoms with van der Waals surface area (Å²) in [4.78, 5) is 4.33. The highest BCUT2D eigenvalue weighted by Gasteiger charge is 2.21. The Kier molecular flexibility index (Phi) is 3.80. The predicted octanol–water partition coefficient (Wildman–Crippen LogP) is 1.38. The van der Waals surface area contributed by atoms with Gasteiger partial charge in [0.15, 0.2) is 15.7 Å². The smallest absolute Gasteiger partial charge is 0.179 e. The van der Waals surface area contributed by atoms with E-state index in [1.165, 1.54) is 6.07 Å². The zero-order valence-corrected chi connectivity index (χ0v) is 12.6. The Morgan fingerprint density at radius 2 is 2.00 bits per heavy atom. The van der Waals surface area contributed by atoms with E-state index in [0.29, 0.717) is 24.3 Å². The molecule has 0 amide bonds. The fraction of sp³-hybridized carbons (Fsp3) is 0.385. The lowest BCUT2D eigenvalue weighted by Crippen LogP contribution is -2.11. The summed E-state index contributed by atoms with van der Waals surface area (Å²) >= 11 is 0. The van der Waals surface area contributed by atoms with E-state index >= 15 is 0 Å². The van der Waals surface area contributed by atoms with Crippen molar-refractivity contribution in [1.82, 2.24) is 14.8 Å². The summed E-state index contributed by atoms with van der Waals surface area (Å²) in [5, 5.41) is 4.41. The van der Waals surface area contributed by atoms with Crippen LogP contribution in [0.2, 0.25) is 0 Å². The monoisotopic (exact) mass is 294 g/mol. The first-order chi connectivity index (χ1) is 9.40. The molecule has 0 aliphatic heterocycles. The van der Waals surface area contributed by atoms with Gasteiger partial charge in [-0.15, -0.1) is 0 Å². The second kappa shape index (κ2) is 5.24. The van der Waals surface area contributed by atoms with Crippen LogP contribution in [0.3, 0.4) is 0 Å². The van der Waals surface area contributed by atoms with Gasteiger partial charge in [0.2, 0.25) is 0 Å². The third-order valence-electron chi connectivity index (χ3n) is 3.12. The second-order valence-corrected chi connectivity index (χ2v) is 6.51. The van der Waals surface area contributed by atoms with Crippen LogP contribution >= 0.6 is 0 Å². The fourth-order valence-corrected chi connectivity index (χ4v) is 2.92. The molecule has 0 aliphatic rings. The van der Waals surface area contributed by atoms with Crippen molar-refractivity contribution in [2.75, 3.05) is 12.0 Å². The first-order valence-corrected chi connectivity index (χ1v) is 8.31. The molecule has 2 aromatic rings. The zero-order chi connectivity index (χ0) is 14.9. The molecule has 0 radical (unpaired) electrons. The molecule has 108 valence electrons. The van der Waals surface area contributed by atoms with Crippen LogP contribution in [0.15, 0.2) is 23.2 Å². The first-order valence-electron chi connectivity index (χ1n) is 6.41. The quantitative estimate of drug-likeness (QED) is 0.919. The molecule has 0 saturated carbocycles. The van der Waals surface area contributed by atoms with Crippen LogP contribution in [0.5, 0.6) is 0 Å². The van der Waals surface area contributed by atoms with Gasteiger partial charge in [-0.1, -0.05) is 13.8 Å². The number of aromatic nitrogens is 3. The standard InChI is InChI=1S/C13H18N4O2S/c1-4-9-12(14)10(5-2)17(16-9)13-11(20(3,18)19)7-6-8-15-13/h6-8H,4-5,14H2,1-3H3. The van der Waals surface area contributed by atoms with Crippen LogP contribution < -0.4 is 5.73 Å². The van der Waals surface area contributed by atoms with Crippen molar-refractivity contribution in [1.29, 1.82) is 0 Å². The van der Waals surface area contributed by atoms with E-state index in [1.807, 2.05) is 13.8 Å². The molecule has 0 unspecified atom stereocenters. The highest BCUT2D eigenvalue weighted by molar-refractivity contribution is 7.90. The Morgan fingerprint density at radius 1 is 1.30 bits per heavy atom. The lowest BCUT2D eigenvalue weighted by Gasteiger charge is -2.09. The molecule has 0 fully saturated rings. The van der Waals surface area contributed by atoms with Crippen LogP contribution in [-0.2, 0) is 22.7 Å². The molecule has 0 saturated heterocycles. The van der Waals surface area contributed by atoms with Gasteiger partial charge in [0.05, 0.1) is 17.1 Å². The molecule has 0 aromatic carbocycles. The molecule has 0 bridgehead atoms. The van der Waals surface area contributed by atoms with Gasteiger partial charge in [0.1, 0.15) is 4.90 Å². The summed E-state index contributed by atoms with van der Waals surface area (Å²) in [6.07, 6.45) is 4.05. The van der Waals surface area contributed by atoms with Crippen LogP contribution in [0.1, 0.15) is 25.2 Å². The molecule has 7 heteroatoms. The summed E-state index contributed by atoms with van der Waals surface area (Å²) in [6.45, 7) is 3.91. The second-order valence-electron chi connectivity index (χ2n) is 4.52. The van der Waals surface area contributed by atoms with Gasteiger partial charge < -0.3 is 5.73 Å². The van der Waals surface area contributed by atoms with Gasteiger partial charge >= 0.3 is 0 Å². The topological polar surface area (TPSA) is 90.9 Å². The predicted molar refractivity (Wildman–Crippen MR) is 77.6 cm³/mol. The highest BCUT2D eigenvalue weighted by atomic mass is 32.2. The van der Waals surface area contributed by atoms with Crippen molar-refractivity contribution < 1.29 is 8.42 Å². The molecule has 0 spiro atoms. The molecule has 2 aromatic heterocycles. The van der Waals surface area contributed by atoms with E-state index in [1.54, 1.807) is 16.9 Å². The Balaban J connectivity index is 2.76. The Bertz CT molecular complexity index is 735. The van der Waals surface area contributed by atoms with Crippen LogP contribution in [0.25, 0.3) is 5.82 Å². The van der Waals surface area contributed by atoms with Gasteiger partial charge in [0.25, 0.3) is 0 Å². The molecule has 6 nitrogen and oxygen atoms in total. The molecule has 0 atom stereocenters. The number of rotatable bonds is 4.